The van der Waals surface area contributed by atoms with Crippen LogP contribution in [0, 0.1) is 35.0 Å². The normalized spacial score (nSPS) is 35.4. The summed E-state index contributed by atoms with van der Waals surface area (Å²) in [5.74, 6) is -0.433. The summed E-state index contributed by atoms with van der Waals surface area (Å²) >= 11 is 0. The summed E-state index contributed by atoms with van der Waals surface area (Å²) < 4.78 is 6.04. The Hall–Kier alpha value is -2.91. The van der Waals surface area contributed by atoms with Crippen molar-refractivity contribution in [2.75, 3.05) is 40.0 Å². The Labute approximate surface area is 319 Å². The summed E-state index contributed by atoms with van der Waals surface area (Å²) in [6.45, 7) is 15.3. The number of carbonyl (C=O) groups is 1. The van der Waals surface area contributed by atoms with Crippen molar-refractivity contribution in [1.29, 1.82) is 0 Å². The standard InChI is InChI=1S/C46H66N2O5/c1-7-53-30-40(13-8-10-32(3)38-15-14-31(2)28-48-34(5)24-35-11-9-12-36(25-35)26-38)41-18-20-46(44(41)51)43-37(19-23-49)16-17-39(42(43)33(4)29-50)27-45(46,52)21-22-47-6/h8-14,16-17,25,29,34,37-39,41,43-44,47-49,51-52H,3,7,15,18-24,26-28,30H2,1-2,4-6H3/b10-8+,31-14+,40-13-,42-33?/t34-,37-,38+,39-,41-,43-,44+,45+,46+/m0/s1. The second-order valence-corrected chi connectivity index (χ2v) is 16.4. The van der Waals surface area contributed by atoms with E-state index in [-0.39, 0.29) is 36.2 Å². The molecule has 1 aromatic rings. The largest absolute Gasteiger partial charge is 0.396 e. The second kappa shape index (κ2) is 18.6. The lowest BCUT2D eigenvalue weighted by Crippen LogP contribution is -2.65. The highest BCUT2D eigenvalue weighted by molar-refractivity contribution is 5.74. The van der Waals surface area contributed by atoms with E-state index in [0.717, 1.165) is 48.8 Å². The molecule has 0 saturated heterocycles. The van der Waals surface area contributed by atoms with Crippen LogP contribution in [0.1, 0.15) is 77.3 Å². The molecule has 0 aromatic heterocycles. The summed E-state index contributed by atoms with van der Waals surface area (Å²) in [7, 11) is 1.89. The van der Waals surface area contributed by atoms with Crippen LogP contribution in [-0.4, -0.2) is 79.3 Å². The Balaban J connectivity index is 1.48. The van der Waals surface area contributed by atoms with Crippen molar-refractivity contribution >= 4 is 6.29 Å². The maximum Gasteiger partial charge on any atom is 0.145 e. The van der Waals surface area contributed by atoms with Crippen molar-refractivity contribution in [3.05, 3.63) is 106 Å². The van der Waals surface area contributed by atoms with Crippen molar-refractivity contribution in [2.24, 2.45) is 35.0 Å². The Kier molecular flexibility index (Phi) is 14.5. The van der Waals surface area contributed by atoms with Gasteiger partial charge in [0.2, 0.25) is 0 Å². The van der Waals surface area contributed by atoms with Gasteiger partial charge in [-0.1, -0.05) is 84.0 Å². The van der Waals surface area contributed by atoms with Crippen molar-refractivity contribution in [3.8, 4) is 0 Å². The van der Waals surface area contributed by atoms with Crippen molar-refractivity contribution in [2.45, 2.75) is 96.8 Å². The van der Waals surface area contributed by atoms with Gasteiger partial charge in [-0.15, -0.1) is 0 Å². The molecule has 1 spiro atoms. The minimum absolute atomic E-state index is 0.00377. The van der Waals surface area contributed by atoms with E-state index < -0.39 is 17.1 Å². The van der Waals surface area contributed by atoms with Gasteiger partial charge in [-0.2, -0.15) is 0 Å². The third kappa shape index (κ3) is 8.98. The van der Waals surface area contributed by atoms with Crippen LogP contribution in [0.2, 0.25) is 0 Å². The molecule has 7 nitrogen and oxygen atoms in total. The first-order valence-corrected chi connectivity index (χ1v) is 20.1. The highest BCUT2D eigenvalue weighted by Gasteiger charge is 2.68. The molecular formula is C46H66N2O5. The predicted molar refractivity (Wildman–Crippen MR) is 215 cm³/mol. The summed E-state index contributed by atoms with van der Waals surface area (Å²) in [5, 5.41) is 42.7. The number of rotatable bonds is 13. The SMILES string of the molecule is C=C(/C=C/C=C(/COCC)[C@@H]1CC[C@]2([C@@H]1O)[C@@H]1C(=C(C)C=O)[C@@H](C=C[C@H]1CCO)C[C@]2(O)CCNC)[C@@H]1C/C=C(\C)CN[C@@H](C)Cc2cccc(c2)C1. The summed E-state index contributed by atoms with van der Waals surface area (Å²) in [6, 6.07) is 9.36. The molecule has 5 N–H and O–H groups in total. The fourth-order valence-corrected chi connectivity index (χ4v) is 10.3. The fourth-order valence-electron chi connectivity index (χ4n) is 10.3. The highest BCUT2D eigenvalue weighted by Crippen LogP contribution is 2.67. The van der Waals surface area contributed by atoms with Gasteiger partial charge >= 0.3 is 0 Å². The van der Waals surface area contributed by atoms with E-state index in [1.54, 1.807) is 0 Å². The van der Waals surface area contributed by atoms with Gasteiger partial charge < -0.3 is 30.7 Å². The molecular weight excluding hydrogens is 661 g/mol. The van der Waals surface area contributed by atoms with Gasteiger partial charge in [0.1, 0.15) is 6.29 Å². The van der Waals surface area contributed by atoms with Crippen LogP contribution >= 0.6 is 0 Å². The number of benzene rings is 1. The lowest BCUT2D eigenvalue weighted by molar-refractivity contribution is -0.194. The molecule has 4 aliphatic rings. The third-order valence-corrected chi connectivity index (χ3v) is 13.0. The second-order valence-electron chi connectivity index (χ2n) is 16.4. The molecule has 1 aliphatic heterocycles. The summed E-state index contributed by atoms with van der Waals surface area (Å²) in [6.07, 6.45) is 18.6. The number of hydrogen-bond donors (Lipinski definition) is 5. The number of fused-ring (bicyclic) bond motifs is 5. The zero-order valence-corrected chi connectivity index (χ0v) is 32.9. The maximum atomic E-state index is 12.9. The quantitative estimate of drug-likeness (QED) is 0.0674. The van der Waals surface area contributed by atoms with Crippen LogP contribution in [0.3, 0.4) is 0 Å². The molecule has 7 heteroatoms. The number of aliphatic hydroxyl groups is 3. The zero-order valence-electron chi connectivity index (χ0n) is 32.9. The van der Waals surface area contributed by atoms with E-state index in [4.69, 9.17) is 4.74 Å². The predicted octanol–water partition coefficient (Wildman–Crippen LogP) is 6.61. The number of aliphatic hydroxyl groups excluding tert-OH is 2. The molecule has 0 amide bonds. The number of nitrogens with one attached hydrogen (secondary N) is 2. The van der Waals surface area contributed by atoms with Gasteiger partial charge in [-0.25, -0.2) is 0 Å². The van der Waals surface area contributed by atoms with E-state index in [1.165, 1.54) is 16.7 Å². The van der Waals surface area contributed by atoms with Gasteiger partial charge in [0.05, 0.1) is 18.3 Å². The van der Waals surface area contributed by atoms with Crippen LogP contribution in [0.5, 0.6) is 0 Å². The molecule has 5 rings (SSSR count). The molecule has 0 unspecified atom stereocenters. The van der Waals surface area contributed by atoms with Crippen LogP contribution in [0.4, 0.5) is 0 Å². The fraction of sp³-hybridized carbons (Fsp3) is 0.587. The maximum absolute atomic E-state index is 12.9. The Morgan fingerprint density at radius 2 is 1.98 bits per heavy atom. The van der Waals surface area contributed by atoms with Crippen molar-refractivity contribution < 1.29 is 24.9 Å². The highest BCUT2D eigenvalue weighted by atomic mass is 16.5. The molecule has 3 aliphatic carbocycles. The van der Waals surface area contributed by atoms with Gasteiger partial charge in [0, 0.05) is 43.1 Å². The van der Waals surface area contributed by atoms with E-state index in [0.29, 0.717) is 63.5 Å². The summed E-state index contributed by atoms with van der Waals surface area (Å²) in [4.78, 5) is 12.4. The minimum atomic E-state index is -1.17. The van der Waals surface area contributed by atoms with Gasteiger partial charge in [0.15, 0.2) is 0 Å². The minimum Gasteiger partial charge on any atom is -0.396 e. The van der Waals surface area contributed by atoms with Crippen LogP contribution < -0.4 is 10.6 Å². The number of ether oxygens (including phenoxy) is 1. The monoisotopic (exact) mass is 726 g/mol. The molecule has 53 heavy (non-hydrogen) atoms. The Morgan fingerprint density at radius 1 is 1.21 bits per heavy atom. The molecule has 1 aromatic carbocycles. The number of allylic oxidation sites excluding steroid dienone is 9. The number of hydrogen-bond acceptors (Lipinski definition) is 7. The Bertz CT molecular complexity index is 1590. The van der Waals surface area contributed by atoms with Crippen LogP contribution in [0.25, 0.3) is 0 Å². The molecule has 9 atom stereocenters. The lowest BCUT2D eigenvalue weighted by Gasteiger charge is -2.61. The third-order valence-electron chi connectivity index (χ3n) is 13.0. The van der Waals surface area contributed by atoms with Crippen LogP contribution in [-0.2, 0) is 22.4 Å². The van der Waals surface area contributed by atoms with E-state index in [1.807, 2.05) is 20.9 Å². The van der Waals surface area contributed by atoms with Gasteiger partial charge in [0.25, 0.3) is 0 Å². The first-order chi connectivity index (χ1) is 25.5. The number of aldehydes is 1. The molecule has 2 fully saturated rings. The summed E-state index contributed by atoms with van der Waals surface area (Å²) in [5.41, 5.74) is 5.72. The molecule has 290 valence electrons. The van der Waals surface area contributed by atoms with Crippen LogP contribution in [0.15, 0.2) is 95.2 Å². The lowest BCUT2D eigenvalue weighted by atomic mass is 9.45. The van der Waals surface area contributed by atoms with Gasteiger partial charge in [-0.05, 0) is 133 Å². The smallest absolute Gasteiger partial charge is 0.145 e. The topological polar surface area (TPSA) is 111 Å². The first-order valence-electron chi connectivity index (χ1n) is 20.1. The molecule has 1 heterocycles. The molecule has 0 radical (unpaired) electrons. The van der Waals surface area contributed by atoms with E-state index >= 15 is 0 Å². The Morgan fingerprint density at radius 3 is 2.70 bits per heavy atom. The number of carbonyl (C=O) groups excluding carboxylic acids is 1. The average molecular weight is 727 g/mol. The molecule has 4 bridgehead atoms. The zero-order chi connectivity index (χ0) is 38.2. The average Bonchev–Trinajstić information content (AvgIpc) is 3.49. The molecule has 2 saturated carbocycles. The van der Waals surface area contributed by atoms with Crippen molar-refractivity contribution in [1.82, 2.24) is 10.6 Å². The van der Waals surface area contributed by atoms with Gasteiger partial charge in [-0.3, -0.25) is 4.79 Å². The van der Waals surface area contributed by atoms with E-state index in [2.05, 4.69) is 91.8 Å². The first kappa shape index (κ1) is 41.3. The van der Waals surface area contributed by atoms with E-state index in [9.17, 15) is 20.1 Å². The van der Waals surface area contributed by atoms with Crippen molar-refractivity contribution in [3.63, 3.8) is 0 Å².